The second-order valence-electron chi connectivity index (χ2n) is 4.83. The smallest absolute Gasteiger partial charge is 0.257 e. The molecule has 7 heteroatoms. The Morgan fingerprint density at radius 1 is 1.29 bits per heavy atom. The van der Waals surface area contributed by atoms with Crippen molar-refractivity contribution < 1.29 is 18.8 Å². The first-order valence-electron chi connectivity index (χ1n) is 6.91. The van der Waals surface area contributed by atoms with Gasteiger partial charge in [-0.15, -0.1) is 0 Å². The molecule has 5 nitrogen and oxygen atoms in total. The average Bonchev–Trinajstić information content (AvgIpc) is 2.49. The first-order chi connectivity index (χ1) is 10.1. The summed E-state index contributed by atoms with van der Waals surface area (Å²) in [5, 5.41) is 5.87. The third kappa shape index (κ3) is 5.37. The van der Waals surface area contributed by atoms with Gasteiger partial charge in [0.1, 0.15) is 18.9 Å². The summed E-state index contributed by atoms with van der Waals surface area (Å²) in [7, 11) is 0. The molecular weight excluding hydrogens is 293 g/mol. The first-order valence-corrected chi connectivity index (χ1v) is 7.32. The number of hydrogen-bond acceptors (Lipinski definition) is 3. The van der Waals surface area contributed by atoms with E-state index in [1.165, 1.54) is 29.2 Å². The molecule has 1 aliphatic rings. The topological polar surface area (TPSA) is 54.8 Å². The fourth-order valence-corrected chi connectivity index (χ4v) is 2.28. The highest BCUT2D eigenvalue weighted by Crippen LogP contribution is 2.02. The minimum Gasteiger partial charge on any atom is -0.370 e. The molecule has 0 saturated carbocycles. The Morgan fingerprint density at radius 2 is 1.95 bits per heavy atom. The van der Waals surface area contributed by atoms with Gasteiger partial charge in [-0.25, -0.2) is 4.39 Å². The molecule has 0 aliphatic carbocycles. The number of halogens is 1. The lowest BCUT2D eigenvalue weighted by Crippen LogP contribution is -3.14. The Balaban J connectivity index is 1.68. The molecule has 2 rings (SSSR count). The molecule has 0 bridgehead atoms. The van der Waals surface area contributed by atoms with Crippen LogP contribution in [0.5, 0.6) is 0 Å². The van der Waals surface area contributed by atoms with Crippen molar-refractivity contribution in [3.8, 4) is 0 Å². The number of amides is 1. The van der Waals surface area contributed by atoms with Crippen LogP contribution in [-0.2, 0) is 4.74 Å². The highest BCUT2D eigenvalue weighted by molar-refractivity contribution is 7.80. The van der Waals surface area contributed by atoms with E-state index in [9.17, 15) is 9.18 Å². The van der Waals surface area contributed by atoms with E-state index < -0.39 is 0 Å². The molecular formula is C14H19FN3O2S+. The minimum atomic E-state index is -0.374. The van der Waals surface area contributed by atoms with Crippen LogP contribution in [0, 0.1) is 5.82 Å². The maximum Gasteiger partial charge on any atom is 0.257 e. The summed E-state index contributed by atoms with van der Waals surface area (Å²) < 4.78 is 18.1. The standard InChI is InChI=1S/C14H18FN3O2S/c15-12-3-1-11(2-4-12)13(19)17-14(21)16-5-6-18-7-9-20-10-8-18/h1-4H,5-10H2,(H2,16,17,19,21)/p+1. The fourth-order valence-electron chi connectivity index (χ4n) is 2.08. The van der Waals surface area contributed by atoms with Crippen molar-refractivity contribution in [1.29, 1.82) is 0 Å². The number of carbonyl (C=O) groups is 1. The lowest BCUT2D eigenvalue weighted by molar-refractivity contribution is -0.906. The molecule has 0 atom stereocenters. The van der Waals surface area contributed by atoms with Crippen molar-refractivity contribution in [2.75, 3.05) is 39.4 Å². The largest absolute Gasteiger partial charge is 0.370 e. The van der Waals surface area contributed by atoms with Gasteiger partial charge in [0.05, 0.1) is 26.3 Å². The summed E-state index contributed by atoms with van der Waals surface area (Å²) in [4.78, 5) is 13.3. The summed E-state index contributed by atoms with van der Waals surface area (Å²) in [6.45, 7) is 5.20. The molecule has 1 aromatic carbocycles. The summed E-state index contributed by atoms with van der Waals surface area (Å²) in [6, 6.07) is 5.33. The van der Waals surface area contributed by atoms with Gasteiger partial charge >= 0.3 is 0 Å². The van der Waals surface area contributed by atoms with Gasteiger partial charge in [-0.05, 0) is 36.5 Å². The summed E-state index contributed by atoms with van der Waals surface area (Å²) in [5.41, 5.74) is 0.374. The zero-order chi connectivity index (χ0) is 15.1. The number of rotatable bonds is 4. The minimum absolute atomic E-state index is 0.289. The van der Waals surface area contributed by atoms with Gasteiger partial charge in [-0.3, -0.25) is 10.1 Å². The van der Waals surface area contributed by atoms with E-state index in [1.807, 2.05) is 0 Å². The highest BCUT2D eigenvalue weighted by Gasteiger charge is 2.13. The van der Waals surface area contributed by atoms with Gasteiger partial charge in [0, 0.05) is 5.56 Å². The molecule has 1 aromatic rings. The summed E-state index contributed by atoms with van der Waals surface area (Å²) in [5.74, 6) is -0.716. The average molecular weight is 312 g/mol. The Kier molecular flexibility index (Phi) is 6.04. The van der Waals surface area contributed by atoms with Gasteiger partial charge < -0.3 is 15.0 Å². The molecule has 1 amide bonds. The van der Waals surface area contributed by atoms with Crippen molar-refractivity contribution in [3.05, 3.63) is 35.6 Å². The molecule has 21 heavy (non-hydrogen) atoms. The van der Waals surface area contributed by atoms with Gasteiger partial charge in [-0.2, -0.15) is 0 Å². The van der Waals surface area contributed by atoms with Crippen LogP contribution < -0.4 is 15.5 Å². The van der Waals surface area contributed by atoms with Crippen LogP contribution in [0.3, 0.4) is 0 Å². The van der Waals surface area contributed by atoms with Crippen molar-refractivity contribution in [1.82, 2.24) is 10.6 Å². The Bertz CT molecular complexity index is 489. The molecule has 3 N–H and O–H groups in total. The third-order valence-electron chi connectivity index (χ3n) is 3.30. The normalized spacial score (nSPS) is 15.5. The number of ether oxygens (including phenoxy) is 1. The van der Waals surface area contributed by atoms with Crippen LogP contribution in [0.1, 0.15) is 10.4 Å². The summed E-state index contributed by atoms with van der Waals surface area (Å²) >= 11 is 5.07. The molecule has 1 fully saturated rings. The van der Waals surface area contributed by atoms with Gasteiger partial charge in [0.2, 0.25) is 0 Å². The molecule has 1 saturated heterocycles. The molecule has 0 unspecified atom stereocenters. The van der Waals surface area contributed by atoms with Crippen molar-refractivity contribution in [2.24, 2.45) is 0 Å². The van der Waals surface area contributed by atoms with E-state index in [0.29, 0.717) is 12.1 Å². The fraction of sp³-hybridized carbons (Fsp3) is 0.429. The number of benzene rings is 1. The van der Waals surface area contributed by atoms with E-state index in [1.54, 1.807) is 0 Å². The highest BCUT2D eigenvalue weighted by atomic mass is 32.1. The predicted molar refractivity (Wildman–Crippen MR) is 80.8 cm³/mol. The number of thiocarbonyl (C=S) groups is 1. The molecule has 114 valence electrons. The quantitative estimate of drug-likeness (QED) is 0.647. The Hall–Kier alpha value is -1.57. The van der Waals surface area contributed by atoms with Gasteiger partial charge in [-0.1, -0.05) is 0 Å². The van der Waals surface area contributed by atoms with E-state index in [-0.39, 0.29) is 16.8 Å². The molecule has 1 aliphatic heterocycles. The van der Waals surface area contributed by atoms with Crippen molar-refractivity contribution in [3.63, 3.8) is 0 Å². The second kappa shape index (κ2) is 8.02. The lowest BCUT2D eigenvalue weighted by atomic mass is 10.2. The maximum absolute atomic E-state index is 12.8. The third-order valence-corrected chi connectivity index (χ3v) is 3.54. The molecule has 0 radical (unpaired) electrons. The SMILES string of the molecule is O=C(NC(=S)NCC[NH+]1CCOCC1)c1ccc(F)cc1. The molecule has 0 spiro atoms. The van der Waals surface area contributed by atoms with Crippen LogP contribution >= 0.6 is 12.2 Å². The first kappa shape index (κ1) is 15.8. The molecule has 1 heterocycles. The number of nitrogens with one attached hydrogen (secondary N) is 3. The number of morpholine rings is 1. The number of hydrogen-bond donors (Lipinski definition) is 3. The molecule has 0 aromatic heterocycles. The van der Waals surface area contributed by atoms with Crippen LogP contribution in [0.4, 0.5) is 4.39 Å². The summed E-state index contributed by atoms with van der Waals surface area (Å²) in [6.07, 6.45) is 0. The van der Waals surface area contributed by atoms with Gasteiger partial charge in [0.15, 0.2) is 5.11 Å². The van der Waals surface area contributed by atoms with Crippen molar-refractivity contribution >= 4 is 23.2 Å². The van der Waals surface area contributed by atoms with Crippen LogP contribution in [-0.4, -0.2) is 50.4 Å². The number of carbonyl (C=O) groups excluding carboxylic acids is 1. The Morgan fingerprint density at radius 3 is 2.62 bits per heavy atom. The lowest BCUT2D eigenvalue weighted by Gasteiger charge is -2.23. The van der Waals surface area contributed by atoms with Gasteiger partial charge in [0.25, 0.3) is 5.91 Å². The van der Waals surface area contributed by atoms with Crippen LogP contribution in [0.15, 0.2) is 24.3 Å². The van der Waals surface area contributed by atoms with E-state index in [4.69, 9.17) is 17.0 Å². The predicted octanol–water partition coefficient (Wildman–Crippen LogP) is -0.655. The second-order valence-corrected chi connectivity index (χ2v) is 5.24. The Labute approximate surface area is 128 Å². The zero-order valence-corrected chi connectivity index (χ0v) is 12.5. The van der Waals surface area contributed by atoms with Crippen LogP contribution in [0.25, 0.3) is 0 Å². The van der Waals surface area contributed by atoms with E-state index >= 15 is 0 Å². The van der Waals surface area contributed by atoms with Crippen LogP contribution in [0.2, 0.25) is 0 Å². The van der Waals surface area contributed by atoms with Crippen molar-refractivity contribution in [2.45, 2.75) is 0 Å². The number of quaternary nitrogens is 1. The van der Waals surface area contributed by atoms with E-state index in [2.05, 4.69) is 10.6 Å². The zero-order valence-electron chi connectivity index (χ0n) is 11.7. The maximum atomic E-state index is 12.8. The monoisotopic (exact) mass is 312 g/mol. The van der Waals surface area contributed by atoms with E-state index in [0.717, 1.165) is 32.8 Å².